The smallest absolute Gasteiger partial charge is 0.257 e. The number of rotatable bonds is 8. The highest BCUT2D eigenvalue weighted by molar-refractivity contribution is 7.80. The van der Waals surface area contributed by atoms with Gasteiger partial charge in [0.15, 0.2) is 5.11 Å². The fourth-order valence-corrected chi connectivity index (χ4v) is 2.89. The number of nitrogens with zero attached hydrogens (tertiary/aromatic N) is 1. The second kappa shape index (κ2) is 10.7. The van der Waals surface area contributed by atoms with Crippen molar-refractivity contribution < 1.29 is 9.53 Å². The quantitative estimate of drug-likeness (QED) is 0.622. The summed E-state index contributed by atoms with van der Waals surface area (Å²) in [5, 5.41) is 6.02. The molecule has 2 N–H and O–H groups in total. The van der Waals surface area contributed by atoms with Crippen molar-refractivity contribution in [2.75, 3.05) is 23.3 Å². The Morgan fingerprint density at radius 1 is 1.04 bits per heavy atom. The maximum atomic E-state index is 12.4. The summed E-state index contributed by atoms with van der Waals surface area (Å²) in [6.07, 6.45) is 1.07. The average molecular weight is 400 g/mol. The molecule has 0 fully saturated rings. The molecule has 5 nitrogen and oxygen atoms in total. The van der Waals surface area contributed by atoms with E-state index in [0.29, 0.717) is 5.56 Å². The number of thiocarbonyl (C=S) groups is 1. The number of amides is 1. The molecule has 0 aromatic heterocycles. The van der Waals surface area contributed by atoms with E-state index in [4.69, 9.17) is 17.0 Å². The Bertz CT molecular complexity index is 771. The van der Waals surface area contributed by atoms with Gasteiger partial charge in [0.25, 0.3) is 5.91 Å². The first-order valence-electron chi connectivity index (χ1n) is 9.70. The number of hydrogen-bond donors (Lipinski definition) is 2. The van der Waals surface area contributed by atoms with E-state index < -0.39 is 0 Å². The molecule has 6 heteroatoms. The predicted octanol–water partition coefficient (Wildman–Crippen LogP) is 4.84. The number of hydrogen-bond acceptors (Lipinski definition) is 4. The molecule has 1 amide bonds. The first-order valence-corrected chi connectivity index (χ1v) is 10.1. The van der Waals surface area contributed by atoms with E-state index in [-0.39, 0.29) is 17.1 Å². The number of carbonyl (C=O) groups excluding carboxylic acids is 1. The molecule has 0 bridgehead atoms. The highest BCUT2D eigenvalue weighted by atomic mass is 32.1. The second-order valence-electron chi connectivity index (χ2n) is 6.49. The molecule has 0 aliphatic heterocycles. The van der Waals surface area contributed by atoms with E-state index in [9.17, 15) is 4.79 Å². The van der Waals surface area contributed by atoms with Crippen molar-refractivity contribution in [3.63, 3.8) is 0 Å². The number of carbonyl (C=O) groups is 1. The molecule has 0 saturated heterocycles. The highest BCUT2D eigenvalue weighted by Gasteiger charge is 2.09. The highest BCUT2D eigenvalue weighted by Crippen LogP contribution is 2.18. The molecule has 2 aromatic carbocycles. The van der Waals surface area contributed by atoms with E-state index in [0.717, 1.165) is 36.6 Å². The van der Waals surface area contributed by atoms with E-state index in [1.165, 1.54) is 0 Å². The van der Waals surface area contributed by atoms with Crippen LogP contribution in [-0.2, 0) is 0 Å². The van der Waals surface area contributed by atoms with Gasteiger partial charge in [0, 0.05) is 30.0 Å². The number of ether oxygens (including phenoxy) is 1. The molecular weight excluding hydrogens is 370 g/mol. The third kappa shape index (κ3) is 6.23. The summed E-state index contributed by atoms with van der Waals surface area (Å²) >= 11 is 5.26. The van der Waals surface area contributed by atoms with Gasteiger partial charge in [-0.3, -0.25) is 10.1 Å². The van der Waals surface area contributed by atoms with Gasteiger partial charge >= 0.3 is 0 Å². The molecule has 1 atom stereocenters. The van der Waals surface area contributed by atoms with E-state index in [1.807, 2.05) is 31.2 Å². The summed E-state index contributed by atoms with van der Waals surface area (Å²) in [6, 6.07) is 15.0. The molecule has 0 unspecified atom stereocenters. The molecule has 2 aromatic rings. The van der Waals surface area contributed by atoms with Crippen molar-refractivity contribution >= 4 is 34.6 Å². The van der Waals surface area contributed by atoms with Gasteiger partial charge in [0.2, 0.25) is 0 Å². The van der Waals surface area contributed by atoms with Gasteiger partial charge in [-0.1, -0.05) is 6.92 Å². The van der Waals surface area contributed by atoms with E-state index in [1.54, 1.807) is 24.3 Å². The largest absolute Gasteiger partial charge is 0.491 e. The van der Waals surface area contributed by atoms with Crippen molar-refractivity contribution in [3.05, 3.63) is 54.1 Å². The maximum Gasteiger partial charge on any atom is 0.257 e. The van der Waals surface area contributed by atoms with Crippen LogP contribution < -0.4 is 20.3 Å². The molecule has 0 heterocycles. The Labute approximate surface area is 173 Å². The minimum Gasteiger partial charge on any atom is -0.491 e. The lowest BCUT2D eigenvalue weighted by Gasteiger charge is -2.21. The molecule has 0 aliphatic rings. The Balaban J connectivity index is 1.91. The monoisotopic (exact) mass is 399 g/mol. The minimum atomic E-state index is -0.257. The van der Waals surface area contributed by atoms with Crippen LogP contribution in [0.4, 0.5) is 11.4 Å². The molecular formula is C22H29N3O2S. The van der Waals surface area contributed by atoms with Gasteiger partial charge in [0.1, 0.15) is 5.75 Å². The predicted molar refractivity (Wildman–Crippen MR) is 121 cm³/mol. The number of anilines is 2. The van der Waals surface area contributed by atoms with Crippen LogP contribution in [0.3, 0.4) is 0 Å². The molecule has 0 aliphatic carbocycles. The van der Waals surface area contributed by atoms with Crippen LogP contribution in [0.15, 0.2) is 48.5 Å². The average Bonchev–Trinajstić information content (AvgIpc) is 2.70. The normalized spacial score (nSPS) is 11.4. The lowest BCUT2D eigenvalue weighted by molar-refractivity contribution is 0.0977. The van der Waals surface area contributed by atoms with Crippen LogP contribution in [0.1, 0.15) is 44.5 Å². The van der Waals surface area contributed by atoms with Crippen molar-refractivity contribution in [3.8, 4) is 5.75 Å². The lowest BCUT2D eigenvalue weighted by Crippen LogP contribution is -2.34. The van der Waals surface area contributed by atoms with Crippen LogP contribution in [0.25, 0.3) is 0 Å². The van der Waals surface area contributed by atoms with E-state index >= 15 is 0 Å². The Hall–Kier alpha value is -2.60. The fraction of sp³-hybridized carbons (Fsp3) is 0.364. The summed E-state index contributed by atoms with van der Waals surface area (Å²) in [6.45, 7) is 10.3. The van der Waals surface area contributed by atoms with Crippen LogP contribution in [0.2, 0.25) is 0 Å². The zero-order valence-electron chi connectivity index (χ0n) is 17.0. The first-order chi connectivity index (χ1) is 13.5. The Morgan fingerprint density at radius 3 is 2.18 bits per heavy atom. The van der Waals surface area contributed by atoms with Crippen LogP contribution in [0, 0.1) is 0 Å². The molecule has 0 spiro atoms. The minimum absolute atomic E-state index is 0.143. The maximum absolute atomic E-state index is 12.4. The van der Waals surface area contributed by atoms with Crippen molar-refractivity contribution in [2.45, 2.75) is 40.2 Å². The molecule has 0 saturated carbocycles. The topological polar surface area (TPSA) is 53.6 Å². The molecule has 150 valence electrons. The van der Waals surface area contributed by atoms with Crippen molar-refractivity contribution in [1.29, 1.82) is 0 Å². The zero-order chi connectivity index (χ0) is 20.5. The van der Waals surface area contributed by atoms with E-state index in [2.05, 4.69) is 36.3 Å². The van der Waals surface area contributed by atoms with Gasteiger partial charge in [0.05, 0.1) is 6.10 Å². The zero-order valence-corrected chi connectivity index (χ0v) is 17.8. The summed E-state index contributed by atoms with van der Waals surface area (Å²) in [5.74, 6) is 0.493. The first kappa shape index (κ1) is 21.7. The van der Waals surface area contributed by atoms with Gasteiger partial charge in [-0.05, 0) is 87.9 Å². The second-order valence-corrected chi connectivity index (χ2v) is 6.90. The van der Waals surface area contributed by atoms with Crippen molar-refractivity contribution in [1.82, 2.24) is 5.32 Å². The fourth-order valence-electron chi connectivity index (χ4n) is 2.68. The molecule has 2 rings (SSSR count). The lowest BCUT2D eigenvalue weighted by atomic mass is 10.2. The van der Waals surface area contributed by atoms with Gasteiger partial charge in [-0.25, -0.2) is 0 Å². The third-order valence-corrected chi connectivity index (χ3v) is 4.71. The number of benzene rings is 2. The van der Waals surface area contributed by atoms with Crippen LogP contribution >= 0.6 is 12.2 Å². The van der Waals surface area contributed by atoms with Crippen LogP contribution in [0.5, 0.6) is 5.75 Å². The Morgan fingerprint density at radius 2 is 1.64 bits per heavy atom. The summed E-state index contributed by atoms with van der Waals surface area (Å²) in [4.78, 5) is 14.6. The summed E-state index contributed by atoms with van der Waals surface area (Å²) < 4.78 is 5.73. The van der Waals surface area contributed by atoms with Crippen molar-refractivity contribution in [2.24, 2.45) is 0 Å². The SMILES string of the molecule is CC[C@H](C)Oc1ccc(C(=O)NC(=S)Nc2ccc(N(CC)CC)cc2)cc1. The van der Waals surface area contributed by atoms with Gasteiger partial charge < -0.3 is 15.0 Å². The Kier molecular flexibility index (Phi) is 8.26. The summed E-state index contributed by atoms with van der Waals surface area (Å²) in [5.41, 5.74) is 2.52. The van der Waals surface area contributed by atoms with Gasteiger partial charge in [-0.2, -0.15) is 0 Å². The molecule has 28 heavy (non-hydrogen) atoms. The van der Waals surface area contributed by atoms with Crippen LogP contribution in [-0.4, -0.2) is 30.2 Å². The van der Waals surface area contributed by atoms with Gasteiger partial charge in [-0.15, -0.1) is 0 Å². The third-order valence-electron chi connectivity index (χ3n) is 4.51. The summed E-state index contributed by atoms with van der Waals surface area (Å²) in [7, 11) is 0. The standard InChI is InChI=1S/C22H29N3O2S/c1-5-16(4)27-20-14-8-17(9-15-20)21(26)24-22(28)23-18-10-12-19(13-11-18)25(6-2)7-3/h8-16H,5-7H2,1-4H3,(H2,23,24,26,28)/t16-/m0/s1. The molecule has 0 radical (unpaired) electrons. The number of nitrogens with one attached hydrogen (secondary N) is 2.